The molecule has 0 bridgehead atoms. The number of nitrogen functional groups attached to an aromatic ring is 1. The van der Waals surface area contributed by atoms with E-state index in [1.165, 1.54) is 0 Å². The number of nitrogens with zero attached hydrogens (tertiary/aromatic N) is 2. The second-order valence-corrected chi connectivity index (χ2v) is 4.96. The molecule has 2 aromatic rings. The van der Waals surface area contributed by atoms with Gasteiger partial charge < -0.3 is 15.2 Å². The van der Waals surface area contributed by atoms with Crippen LogP contribution in [0.25, 0.3) is 10.9 Å². The third-order valence-electron chi connectivity index (χ3n) is 3.64. The van der Waals surface area contributed by atoms with Crippen molar-refractivity contribution in [1.29, 1.82) is 0 Å². The quantitative estimate of drug-likeness (QED) is 0.836. The van der Waals surface area contributed by atoms with Crippen molar-refractivity contribution in [3.8, 4) is 0 Å². The molecule has 4 heteroatoms. The average molecular weight is 243 g/mol. The maximum atomic E-state index is 12.1. The van der Waals surface area contributed by atoms with Crippen molar-refractivity contribution in [3.63, 3.8) is 0 Å². The molecule has 1 saturated carbocycles. The smallest absolute Gasteiger partial charge is 0.242 e. The minimum atomic E-state index is 0.164. The molecule has 1 heterocycles. The first-order chi connectivity index (χ1) is 8.66. The predicted octanol–water partition coefficient (Wildman–Crippen LogP) is 1.84. The Morgan fingerprint density at radius 3 is 2.94 bits per heavy atom. The van der Waals surface area contributed by atoms with Crippen LogP contribution in [0, 0.1) is 0 Å². The summed E-state index contributed by atoms with van der Waals surface area (Å²) in [5.41, 5.74) is 7.69. The Morgan fingerprint density at radius 1 is 1.44 bits per heavy atom. The molecule has 0 radical (unpaired) electrons. The highest BCUT2D eigenvalue weighted by Gasteiger charge is 2.29. The highest BCUT2D eigenvalue weighted by Crippen LogP contribution is 2.26. The second-order valence-electron chi connectivity index (χ2n) is 4.96. The molecule has 1 amide bonds. The van der Waals surface area contributed by atoms with E-state index in [4.69, 9.17) is 5.73 Å². The van der Waals surface area contributed by atoms with E-state index in [2.05, 4.69) is 0 Å². The minimum absolute atomic E-state index is 0.164. The van der Waals surface area contributed by atoms with Crippen LogP contribution in [0.5, 0.6) is 0 Å². The number of amides is 1. The summed E-state index contributed by atoms with van der Waals surface area (Å²) in [6.07, 6.45) is 4.21. The molecular weight excluding hydrogens is 226 g/mol. The number of fused-ring (bicyclic) bond motifs is 1. The van der Waals surface area contributed by atoms with Gasteiger partial charge in [0.25, 0.3) is 0 Å². The molecule has 18 heavy (non-hydrogen) atoms. The van der Waals surface area contributed by atoms with Crippen LogP contribution in [0.2, 0.25) is 0 Å². The second kappa shape index (κ2) is 4.05. The molecular formula is C14H17N3O. The number of anilines is 1. The summed E-state index contributed by atoms with van der Waals surface area (Å²) < 4.78 is 1.97. The van der Waals surface area contributed by atoms with Gasteiger partial charge in [0.2, 0.25) is 5.91 Å². The van der Waals surface area contributed by atoms with Gasteiger partial charge in [-0.1, -0.05) is 6.07 Å². The van der Waals surface area contributed by atoms with E-state index in [-0.39, 0.29) is 5.91 Å². The Morgan fingerprint density at radius 2 is 2.22 bits per heavy atom. The van der Waals surface area contributed by atoms with Crippen molar-refractivity contribution in [2.75, 3.05) is 12.8 Å². The lowest BCUT2D eigenvalue weighted by atomic mass is 10.2. The van der Waals surface area contributed by atoms with E-state index in [9.17, 15) is 4.79 Å². The van der Waals surface area contributed by atoms with Gasteiger partial charge in [-0.15, -0.1) is 0 Å². The Balaban J connectivity index is 1.86. The lowest BCUT2D eigenvalue weighted by Gasteiger charge is -2.17. The third-order valence-corrected chi connectivity index (χ3v) is 3.64. The Hall–Kier alpha value is -1.97. The molecule has 1 fully saturated rings. The summed E-state index contributed by atoms with van der Waals surface area (Å²) >= 11 is 0. The van der Waals surface area contributed by atoms with Gasteiger partial charge in [-0.2, -0.15) is 0 Å². The predicted molar refractivity (Wildman–Crippen MR) is 72.1 cm³/mol. The molecule has 1 aromatic heterocycles. The van der Waals surface area contributed by atoms with Gasteiger partial charge in [-0.3, -0.25) is 4.79 Å². The van der Waals surface area contributed by atoms with Gasteiger partial charge in [-0.05, 0) is 31.0 Å². The lowest BCUT2D eigenvalue weighted by molar-refractivity contribution is -0.130. The van der Waals surface area contributed by atoms with Crippen molar-refractivity contribution in [2.24, 2.45) is 0 Å². The largest absolute Gasteiger partial charge is 0.398 e. The van der Waals surface area contributed by atoms with E-state index in [1.807, 2.05) is 47.0 Å². The fraction of sp³-hybridized carbons (Fsp3) is 0.357. The van der Waals surface area contributed by atoms with Gasteiger partial charge in [0, 0.05) is 30.4 Å². The molecule has 0 saturated heterocycles. The summed E-state index contributed by atoms with van der Waals surface area (Å²) in [5.74, 6) is 0.164. The summed E-state index contributed by atoms with van der Waals surface area (Å²) in [6, 6.07) is 8.23. The number of hydrogen-bond acceptors (Lipinski definition) is 2. The zero-order chi connectivity index (χ0) is 12.7. The zero-order valence-electron chi connectivity index (χ0n) is 10.5. The average Bonchev–Trinajstić information content (AvgIpc) is 3.12. The number of aromatic nitrogens is 1. The zero-order valence-corrected chi connectivity index (χ0v) is 10.5. The van der Waals surface area contributed by atoms with Gasteiger partial charge in [0.05, 0.1) is 5.52 Å². The van der Waals surface area contributed by atoms with Crippen LogP contribution in [0.1, 0.15) is 12.8 Å². The summed E-state index contributed by atoms with van der Waals surface area (Å²) in [4.78, 5) is 14.0. The first-order valence-electron chi connectivity index (χ1n) is 6.26. The molecule has 0 unspecified atom stereocenters. The minimum Gasteiger partial charge on any atom is -0.398 e. The van der Waals surface area contributed by atoms with Gasteiger partial charge in [0.15, 0.2) is 0 Å². The maximum Gasteiger partial charge on any atom is 0.242 e. The number of nitrogens with two attached hydrogens (primary N) is 1. The number of carbonyl (C=O) groups is 1. The highest BCUT2D eigenvalue weighted by molar-refractivity contribution is 5.92. The van der Waals surface area contributed by atoms with Crippen LogP contribution in [0.4, 0.5) is 5.69 Å². The van der Waals surface area contributed by atoms with Crippen LogP contribution in [0.3, 0.4) is 0 Å². The molecule has 1 aliphatic carbocycles. The Labute approximate surface area is 106 Å². The molecule has 2 N–H and O–H groups in total. The monoisotopic (exact) mass is 243 g/mol. The fourth-order valence-electron chi connectivity index (χ4n) is 2.31. The summed E-state index contributed by atoms with van der Waals surface area (Å²) in [7, 11) is 1.89. The Bertz CT molecular complexity index is 598. The van der Waals surface area contributed by atoms with Crippen molar-refractivity contribution in [1.82, 2.24) is 9.47 Å². The molecule has 94 valence electrons. The molecule has 0 atom stereocenters. The van der Waals surface area contributed by atoms with Gasteiger partial charge in [-0.25, -0.2) is 0 Å². The molecule has 3 rings (SSSR count). The fourth-order valence-corrected chi connectivity index (χ4v) is 2.31. The molecule has 1 aromatic carbocycles. The first-order valence-corrected chi connectivity index (χ1v) is 6.26. The lowest BCUT2D eigenvalue weighted by Crippen LogP contribution is -2.31. The third kappa shape index (κ3) is 1.83. The van der Waals surface area contributed by atoms with E-state index in [0.29, 0.717) is 12.6 Å². The number of rotatable bonds is 3. The Kier molecular flexibility index (Phi) is 2.51. The highest BCUT2D eigenvalue weighted by atomic mass is 16.2. The van der Waals surface area contributed by atoms with E-state index >= 15 is 0 Å². The normalized spacial score (nSPS) is 14.9. The maximum absolute atomic E-state index is 12.1. The van der Waals surface area contributed by atoms with Gasteiger partial charge in [0.1, 0.15) is 6.54 Å². The van der Waals surface area contributed by atoms with Crippen molar-refractivity contribution in [2.45, 2.75) is 25.4 Å². The van der Waals surface area contributed by atoms with Crippen LogP contribution < -0.4 is 5.73 Å². The first kappa shape index (κ1) is 11.1. The van der Waals surface area contributed by atoms with E-state index in [1.54, 1.807) is 0 Å². The van der Waals surface area contributed by atoms with Crippen molar-refractivity contribution in [3.05, 3.63) is 30.5 Å². The van der Waals surface area contributed by atoms with E-state index in [0.717, 1.165) is 29.4 Å². The molecule has 0 aliphatic heterocycles. The van der Waals surface area contributed by atoms with Gasteiger partial charge >= 0.3 is 0 Å². The van der Waals surface area contributed by atoms with Crippen LogP contribution in [0.15, 0.2) is 30.5 Å². The standard InChI is InChI=1S/C14H17N3O/c1-16(10-5-6-10)14(18)9-17-8-7-11-12(15)3-2-4-13(11)17/h2-4,7-8,10H,5-6,9,15H2,1H3. The van der Waals surface area contributed by atoms with E-state index < -0.39 is 0 Å². The summed E-state index contributed by atoms with van der Waals surface area (Å²) in [5, 5.41) is 1.01. The van der Waals surface area contributed by atoms with Crippen LogP contribution in [-0.2, 0) is 11.3 Å². The molecule has 4 nitrogen and oxygen atoms in total. The molecule has 1 aliphatic rings. The number of hydrogen-bond donors (Lipinski definition) is 1. The van der Waals surface area contributed by atoms with Crippen LogP contribution >= 0.6 is 0 Å². The number of carbonyl (C=O) groups excluding carboxylic acids is 1. The summed E-state index contributed by atoms with van der Waals surface area (Å²) in [6.45, 7) is 0.389. The van der Waals surface area contributed by atoms with Crippen molar-refractivity contribution < 1.29 is 4.79 Å². The number of likely N-dealkylation sites (N-methyl/N-ethyl adjacent to an activating group) is 1. The number of benzene rings is 1. The van der Waals surface area contributed by atoms with Crippen molar-refractivity contribution >= 4 is 22.5 Å². The SMILES string of the molecule is CN(C(=O)Cn1ccc2c(N)cccc21)C1CC1. The van der Waals surface area contributed by atoms with Crippen LogP contribution in [-0.4, -0.2) is 28.5 Å². The topological polar surface area (TPSA) is 51.3 Å². The molecule has 0 spiro atoms.